The van der Waals surface area contributed by atoms with Gasteiger partial charge in [0.1, 0.15) is 0 Å². The van der Waals surface area contributed by atoms with Gasteiger partial charge in [-0.1, -0.05) is 11.6 Å². The molecule has 0 heterocycles. The van der Waals surface area contributed by atoms with Gasteiger partial charge in [-0.25, -0.2) is 4.79 Å². The molecule has 3 N–H and O–H groups in total. The fourth-order valence-electron chi connectivity index (χ4n) is 2.28. The second-order valence-corrected chi connectivity index (χ2v) is 5.43. The topological polar surface area (TPSA) is 104 Å². The van der Waals surface area contributed by atoms with E-state index < -0.39 is 11.0 Å². The highest BCUT2D eigenvalue weighted by Crippen LogP contribution is 2.26. The Bertz CT molecular complexity index is 544. The molecule has 1 saturated carbocycles. The molecule has 1 aliphatic carbocycles. The summed E-state index contributed by atoms with van der Waals surface area (Å²) in [4.78, 5) is 21.9. The summed E-state index contributed by atoms with van der Waals surface area (Å²) in [6.45, 7) is 0. The average Bonchev–Trinajstić information content (AvgIpc) is 2.43. The van der Waals surface area contributed by atoms with Crippen molar-refractivity contribution in [1.82, 2.24) is 5.32 Å². The molecule has 0 bridgehead atoms. The van der Waals surface area contributed by atoms with E-state index in [0.29, 0.717) is 18.5 Å². The fourth-order valence-corrected chi connectivity index (χ4v) is 2.50. The largest absolute Gasteiger partial charge is 0.393 e. The second kappa shape index (κ2) is 6.73. The highest BCUT2D eigenvalue weighted by Gasteiger charge is 2.21. The Morgan fingerprint density at radius 3 is 2.57 bits per heavy atom. The molecule has 1 aliphatic rings. The molecule has 0 atom stereocenters. The van der Waals surface area contributed by atoms with Gasteiger partial charge in [-0.2, -0.15) is 0 Å². The van der Waals surface area contributed by atoms with Crippen LogP contribution in [-0.4, -0.2) is 28.2 Å². The smallest absolute Gasteiger partial charge is 0.319 e. The summed E-state index contributed by atoms with van der Waals surface area (Å²) in [7, 11) is 0. The Kier molecular flexibility index (Phi) is 4.98. The maximum atomic E-state index is 11.9. The van der Waals surface area contributed by atoms with Crippen molar-refractivity contribution in [3.63, 3.8) is 0 Å². The molecule has 1 aromatic carbocycles. The van der Waals surface area contributed by atoms with Crippen molar-refractivity contribution >= 4 is 29.0 Å². The summed E-state index contributed by atoms with van der Waals surface area (Å²) in [5.41, 5.74) is 0.183. The van der Waals surface area contributed by atoms with Crippen LogP contribution in [0.2, 0.25) is 5.02 Å². The van der Waals surface area contributed by atoms with E-state index in [4.69, 9.17) is 11.6 Å². The van der Waals surface area contributed by atoms with Crippen molar-refractivity contribution in [2.45, 2.75) is 37.8 Å². The van der Waals surface area contributed by atoms with Crippen LogP contribution in [-0.2, 0) is 0 Å². The third-order valence-corrected chi connectivity index (χ3v) is 3.76. The van der Waals surface area contributed by atoms with Gasteiger partial charge in [-0.05, 0) is 31.7 Å². The molecule has 2 rings (SSSR count). The lowest BCUT2D eigenvalue weighted by atomic mass is 9.93. The molecule has 114 valence electrons. The van der Waals surface area contributed by atoms with Crippen LogP contribution >= 0.6 is 11.6 Å². The Morgan fingerprint density at radius 2 is 2.00 bits per heavy atom. The fraction of sp³-hybridized carbons (Fsp3) is 0.462. The number of carbonyl (C=O) groups excluding carboxylic acids is 1. The first-order valence-corrected chi connectivity index (χ1v) is 7.03. The van der Waals surface area contributed by atoms with Crippen LogP contribution in [0.4, 0.5) is 16.2 Å². The van der Waals surface area contributed by atoms with E-state index in [1.807, 2.05) is 0 Å². The standard InChI is InChI=1S/C13H16ClN3O4/c14-11-7-9(17(20)21)3-6-12(11)16-13(19)15-8-1-4-10(18)5-2-8/h3,6-8,10,18H,1-2,4-5H2,(H2,15,16,19). The Hall–Kier alpha value is -1.86. The summed E-state index contributed by atoms with van der Waals surface area (Å²) in [5.74, 6) is 0. The lowest BCUT2D eigenvalue weighted by Gasteiger charge is -2.26. The van der Waals surface area contributed by atoms with E-state index in [-0.39, 0.29) is 22.9 Å². The number of benzene rings is 1. The number of amides is 2. The first-order valence-electron chi connectivity index (χ1n) is 6.65. The van der Waals surface area contributed by atoms with Crippen LogP contribution in [0.3, 0.4) is 0 Å². The summed E-state index contributed by atoms with van der Waals surface area (Å²) in [6.07, 6.45) is 2.51. The second-order valence-electron chi connectivity index (χ2n) is 5.03. The molecule has 0 aliphatic heterocycles. The minimum absolute atomic E-state index is 0.0187. The van der Waals surface area contributed by atoms with Crippen LogP contribution in [0.25, 0.3) is 0 Å². The molecule has 0 aromatic heterocycles. The van der Waals surface area contributed by atoms with Gasteiger partial charge < -0.3 is 15.7 Å². The zero-order valence-electron chi connectivity index (χ0n) is 11.2. The predicted octanol–water partition coefficient (Wildman–Crippen LogP) is 2.67. The average molecular weight is 314 g/mol. The first-order chi connectivity index (χ1) is 9.95. The lowest BCUT2D eigenvalue weighted by Crippen LogP contribution is -2.40. The molecular formula is C13H16ClN3O4. The number of halogens is 1. The van der Waals surface area contributed by atoms with E-state index >= 15 is 0 Å². The van der Waals surface area contributed by atoms with Crippen molar-refractivity contribution in [2.75, 3.05) is 5.32 Å². The van der Waals surface area contributed by atoms with Crippen LogP contribution in [0.5, 0.6) is 0 Å². The summed E-state index contributed by atoms with van der Waals surface area (Å²) in [5, 5.41) is 25.5. The van der Waals surface area contributed by atoms with Gasteiger partial charge in [0.25, 0.3) is 5.69 Å². The van der Waals surface area contributed by atoms with Crippen LogP contribution in [0, 0.1) is 10.1 Å². The zero-order chi connectivity index (χ0) is 15.4. The summed E-state index contributed by atoms with van der Waals surface area (Å²) in [6, 6.07) is 3.47. The van der Waals surface area contributed by atoms with Crippen LogP contribution in [0.15, 0.2) is 18.2 Å². The van der Waals surface area contributed by atoms with Crippen molar-refractivity contribution in [3.05, 3.63) is 33.3 Å². The van der Waals surface area contributed by atoms with Crippen LogP contribution in [0.1, 0.15) is 25.7 Å². The number of anilines is 1. The molecule has 0 saturated heterocycles. The lowest BCUT2D eigenvalue weighted by molar-refractivity contribution is -0.384. The Morgan fingerprint density at radius 1 is 1.33 bits per heavy atom. The molecule has 1 aromatic rings. The number of aliphatic hydroxyl groups excluding tert-OH is 1. The van der Waals surface area contributed by atoms with E-state index in [1.54, 1.807) is 0 Å². The summed E-state index contributed by atoms with van der Waals surface area (Å²) < 4.78 is 0. The number of nitrogens with zero attached hydrogens (tertiary/aromatic N) is 1. The van der Waals surface area contributed by atoms with E-state index in [2.05, 4.69) is 10.6 Å². The maximum Gasteiger partial charge on any atom is 0.319 e. The van der Waals surface area contributed by atoms with Gasteiger partial charge in [0.2, 0.25) is 0 Å². The minimum Gasteiger partial charge on any atom is -0.393 e. The van der Waals surface area contributed by atoms with Crippen molar-refractivity contribution in [3.8, 4) is 0 Å². The third kappa shape index (κ3) is 4.30. The third-order valence-electron chi connectivity index (χ3n) is 3.44. The van der Waals surface area contributed by atoms with Gasteiger partial charge in [-0.3, -0.25) is 10.1 Å². The quantitative estimate of drug-likeness (QED) is 0.589. The zero-order valence-corrected chi connectivity index (χ0v) is 12.0. The molecule has 0 unspecified atom stereocenters. The van der Waals surface area contributed by atoms with Gasteiger partial charge >= 0.3 is 6.03 Å². The number of non-ortho nitro benzene ring substituents is 1. The van der Waals surface area contributed by atoms with Gasteiger partial charge in [0.15, 0.2) is 0 Å². The molecule has 1 fully saturated rings. The molecular weight excluding hydrogens is 298 g/mol. The number of hydrogen-bond acceptors (Lipinski definition) is 4. The number of rotatable bonds is 3. The number of nitro benzene ring substituents is 1. The molecule has 7 nitrogen and oxygen atoms in total. The molecule has 0 spiro atoms. The van der Waals surface area contributed by atoms with Crippen molar-refractivity contribution < 1.29 is 14.8 Å². The number of hydrogen-bond donors (Lipinski definition) is 3. The SMILES string of the molecule is O=C(Nc1ccc([N+](=O)[O-])cc1Cl)NC1CCC(O)CC1. The first kappa shape index (κ1) is 15.5. The minimum atomic E-state index is -0.553. The summed E-state index contributed by atoms with van der Waals surface area (Å²) >= 11 is 5.90. The number of nitrogens with one attached hydrogen (secondary N) is 2. The monoisotopic (exact) mass is 313 g/mol. The number of nitro groups is 1. The Labute approximate surface area is 126 Å². The maximum absolute atomic E-state index is 11.9. The van der Waals surface area contributed by atoms with Gasteiger partial charge in [0, 0.05) is 18.2 Å². The highest BCUT2D eigenvalue weighted by atomic mass is 35.5. The molecule has 8 heteroatoms. The Balaban J connectivity index is 1.92. The van der Waals surface area contributed by atoms with E-state index in [1.165, 1.54) is 18.2 Å². The van der Waals surface area contributed by atoms with Gasteiger partial charge in [-0.15, -0.1) is 0 Å². The molecule has 0 radical (unpaired) electrons. The number of carbonyl (C=O) groups is 1. The molecule has 21 heavy (non-hydrogen) atoms. The van der Waals surface area contributed by atoms with E-state index in [0.717, 1.165) is 12.8 Å². The highest BCUT2D eigenvalue weighted by molar-refractivity contribution is 6.33. The van der Waals surface area contributed by atoms with Crippen LogP contribution < -0.4 is 10.6 Å². The molecule has 2 amide bonds. The van der Waals surface area contributed by atoms with E-state index in [9.17, 15) is 20.0 Å². The van der Waals surface area contributed by atoms with Crippen molar-refractivity contribution in [2.24, 2.45) is 0 Å². The van der Waals surface area contributed by atoms with Gasteiger partial charge in [0.05, 0.1) is 21.7 Å². The normalized spacial score (nSPS) is 21.6. The number of aliphatic hydroxyl groups is 1. The van der Waals surface area contributed by atoms with Crippen molar-refractivity contribution in [1.29, 1.82) is 0 Å². The predicted molar refractivity (Wildman–Crippen MR) is 78.5 cm³/mol. The number of urea groups is 1.